The van der Waals surface area contributed by atoms with Crippen molar-refractivity contribution in [1.29, 1.82) is 0 Å². The first-order valence-corrected chi connectivity index (χ1v) is 12.3. The van der Waals surface area contributed by atoms with Crippen LogP contribution in [0.2, 0.25) is 15.1 Å². The number of anilines is 1. The Hall–Kier alpha value is -2.71. The van der Waals surface area contributed by atoms with Gasteiger partial charge in [-0.25, -0.2) is 9.69 Å². The Balaban J connectivity index is 1.59. The van der Waals surface area contributed by atoms with Gasteiger partial charge in [0.2, 0.25) is 0 Å². The molecule has 1 aliphatic rings. The fourth-order valence-electron chi connectivity index (χ4n) is 3.35. The number of benzene rings is 3. The number of rotatable bonds is 7. The summed E-state index contributed by atoms with van der Waals surface area (Å²) < 4.78 is 12.4. The van der Waals surface area contributed by atoms with Crippen molar-refractivity contribution in [3.05, 3.63) is 91.0 Å². The summed E-state index contributed by atoms with van der Waals surface area (Å²) in [6.45, 7) is 2.50. The van der Waals surface area contributed by atoms with E-state index in [0.29, 0.717) is 48.9 Å². The maximum Gasteiger partial charge on any atom is 0.333 e. The Morgan fingerprint density at radius 3 is 2.34 bits per heavy atom. The van der Waals surface area contributed by atoms with E-state index in [1.165, 1.54) is 0 Å². The molecule has 0 aromatic heterocycles. The van der Waals surface area contributed by atoms with Gasteiger partial charge in [-0.3, -0.25) is 4.79 Å². The van der Waals surface area contributed by atoms with Gasteiger partial charge >= 0.3 is 6.03 Å². The molecule has 1 aliphatic heterocycles. The van der Waals surface area contributed by atoms with Gasteiger partial charge < -0.3 is 14.8 Å². The lowest BCUT2D eigenvalue weighted by Crippen LogP contribution is -2.30. The van der Waals surface area contributed by atoms with Gasteiger partial charge in [-0.15, -0.1) is 0 Å². The largest absolute Gasteiger partial charge is 0.490 e. The summed E-state index contributed by atoms with van der Waals surface area (Å²) >= 11 is 21.5. The number of carbonyl (C=O) groups is 2. The molecule has 0 radical (unpaired) electrons. The van der Waals surface area contributed by atoms with Crippen molar-refractivity contribution in [2.24, 2.45) is 0 Å². The molecule has 1 saturated heterocycles. The molecule has 1 heterocycles. The number of carbonyl (C=O) groups excluding carboxylic acids is 2. The minimum Gasteiger partial charge on any atom is -0.490 e. The van der Waals surface area contributed by atoms with Gasteiger partial charge in [0, 0.05) is 9.50 Å². The summed E-state index contributed by atoms with van der Waals surface area (Å²) in [6.07, 6.45) is 1.57. The van der Waals surface area contributed by atoms with Crippen molar-refractivity contribution < 1.29 is 19.1 Å². The number of hydrogen-bond donors (Lipinski definition) is 1. The van der Waals surface area contributed by atoms with Crippen molar-refractivity contribution >= 4 is 74.4 Å². The molecular weight excluding hydrogens is 579 g/mol. The van der Waals surface area contributed by atoms with Crippen molar-refractivity contribution in [3.63, 3.8) is 0 Å². The number of nitrogens with zero attached hydrogens (tertiary/aromatic N) is 1. The van der Waals surface area contributed by atoms with E-state index < -0.39 is 11.9 Å². The van der Waals surface area contributed by atoms with Crippen LogP contribution < -0.4 is 19.7 Å². The first-order valence-electron chi connectivity index (χ1n) is 10.4. The van der Waals surface area contributed by atoms with Crippen molar-refractivity contribution in [1.82, 2.24) is 5.32 Å². The van der Waals surface area contributed by atoms with Crippen LogP contribution in [0.15, 0.2) is 64.8 Å². The number of halogens is 4. The highest BCUT2D eigenvalue weighted by Crippen LogP contribution is 2.36. The standard InChI is InChI=1S/C25H18BrCl3N2O4/c1-2-34-22-11-15(18(26)12-23(22)35-13-14-3-8-19(28)20(29)9-14)10-21-24(32)31(25(33)30-21)17-6-4-16(27)5-7-17/h3-12H,2,13H2,1H3,(H,30,33)/b21-10+. The van der Waals surface area contributed by atoms with Crippen LogP contribution in [0.3, 0.4) is 0 Å². The third kappa shape index (κ3) is 5.76. The summed E-state index contributed by atoms with van der Waals surface area (Å²) in [7, 11) is 0. The second kappa shape index (κ2) is 10.9. The molecule has 1 fully saturated rings. The van der Waals surface area contributed by atoms with Gasteiger partial charge in [-0.1, -0.05) is 56.8 Å². The lowest BCUT2D eigenvalue weighted by Gasteiger charge is -2.14. The number of ether oxygens (including phenoxy) is 2. The fourth-order valence-corrected chi connectivity index (χ4v) is 4.23. The van der Waals surface area contributed by atoms with Gasteiger partial charge in [0.25, 0.3) is 5.91 Å². The van der Waals surface area contributed by atoms with Gasteiger partial charge in [-0.2, -0.15) is 0 Å². The quantitative estimate of drug-likeness (QED) is 0.227. The molecule has 10 heteroatoms. The molecule has 0 aliphatic carbocycles. The van der Waals surface area contributed by atoms with Crippen LogP contribution in [0.25, 0.3) is 6.08 Å². The lowest BCUT2D eigenvalue weighted by molar-refractivity contribution is -0.113. The Bertz CT molecular complexity index is 1330. The van der Waals surface area contributed by atoms with E-state index in [-0.39, 0.29) is 12.3 Å². The van der Waals surface area contributed by atoms with Crippen LogP contribution >= 0.6 is 50.7 Å². The monoisotopic (exact) mass is 594 g/mol. The predicted molar refractivity (Wildman–Crippen MR) is 142 cm³/mol. The molecule has 4 rings (SSSR count). The molecule has 35 heavy (non-hydrogen) atoms. The summed E-state index contributed by atoms with van der Waals surface area (Å²) in [5.74, 6) is 0.493. The van der Waals surface area contributed by atoms with Crippen molar-refractivity contribution in [2.45, 2.75) is 13.5 Å². The van der Waals surface area contributed by atoms with E-state index in [9.17, 15) is 9.59 Å². The summed E-state index contributed by atoms with van der Waals surface area (Å²) in [4.78, 5) is 26.5. The maximum absolute atomic E-state index is 13.0. The molecule has 3 aromatic carbocycles. The predicted octanol–water partition coefficient (Wildman–Crippen LogP) is 7.48. The Morgan fingerprint density at radius 2 is 1.66 bits per heavy atom. The van der Waals surface area contributed by atoms with E-state index in [4.69, 9.17) is 44.3 Å². The van der Waals surface area contributed by atoms with Gasteiger partial charge in [0.15, 0.2) is 11.5 Å². The van der Waals surface area contributed by atoms with E-state index in [0.717, 1.165) is 10.5 Å². The summed E-state index contributed by atoms with van der Waals surface area (Å²) in [5.41, 5.74) is 2.00. The third-order valence-corrected chi connectivity index (χ3v) is 6.68. The van der Waals surface area contributed by atoms with Crippen LogP contribution in [0.4, 0.5) is 10.5 Å². The summed E-state index contributed by atoms with van der Waals surface area (Å²) in [5, 5.41) is 4.03. The lowest BCUT2D eigenvalue weighted by atomic mass is 10.1. The second-order valence-electron chi connectivity index (χ2n) is 7.40. The number of nitrogens with one attached hydrogen (secondary N) is 1. The van der Waals surface area contributed by atoms with E-state index in [1.54, 1.807) is 54.6 Å². The van der Waals surface area contributed by atoms with Crippen molar-refractivity contribution in [3.8, 4) is 11.5 Å². The molecule has 0 bridgehead atoms. The highest BCUT2D eigenvalue weighted by molar-refractivity contribution is 9.10. The first-order chi connectivity index (χ1) is 16.8. The molecule has 6 nitrogen and oxygen atoms in total. The Morgan fingerprint density at radius 1 is 0.943 bits per heavy atom. The second-order valence-corrected chi connectivity index (χ2v) is 9.50. The molecule has 0 spiro atoms. The van der Waals surface area contributed by atoms with Crippen LogP contribution in [0.5, 0.6) is 11.5 Å². The number of urea groups is 1. The molecule has 0 unspecified atom stereocenters. The van der Waals surface area contributed by atoms with Crippen LogP contribution in [-0.2, 0) is 11.4 Å². The molecule has 0 atom stereocenters. The Labute approximate surface area is 225 Å². The number of hydrogen-bond acceptors (Lipinski definition) is 4. The molecule has 0 saturated carbocycles. The van der Waals surface area contributed by atoms with Crippen LogP contribution in [0, 0.1) is 0 Å². The van der Waals surface area contributed by atoms with E-state index in [1.807, 2.05) is 13.0 Å². The minimum absolute atomic E-state index is 0.123. The van der Waals surface area contributed by atoms with E-state index >= 15 is 0 Å². The van der Waals surface area contributed by atoms with Crippen LogP contribution in [-0.4, -0.2) is 18.5 Å². The average molecular weight is 597 g/mol. The zero-order chi connectivity index (χ0) is 25.1. The third-order valence-electron chi connectivity index (χ3n) is 5.00. The number of amides is 3. The van der Waals surface area contributed by atoms with Crippen molar-refractivity contribution in [2.75, 3.05) is 11.5 Å². The number of imide groups is 1. The molecular formula is C25H18BrCl3N2O4. The van der Waals surface area contributed by atoms with Gasteiger partial charge in [-0.05, 0) is 72.7 Å². The fraction of sp³-hybridized carbons (Fsp3) is 0.120. The first kappa shape index (κ1) is 25.4. The molecule has 180 valence electrons. The van der Waals surface area contributed by atoms with Gasteiger partial charge in [0.05, 0.1) is 22.3 Å². The highest BCUT2D eigenvalue weighted by atomic mass is 79.9. The smallest absolute Gasteiger partial charge is 0.333 e. The molecule has 1 N–H and O–H groups in total. The Kier molecular flexibility index (Phi) is 7.91. The average Bonchev–Trinajstić information content (AvgIpc) is 3.10. The SMILES string of the molecule is CCOc1cc(/C=C2/NC(=O)N(c3ccc(Cl)cc3)C2=O)c(Br)cc1OCc1ccc(Cl)c(Cl)c1. The summed E-state index contributed by atoms with van der Waals surface area (Å²) in [6, 6.07) is 14.6. The topological polar surface area (TPSA) is 67.9 Å². The minimum atomic E-state index is -0.550. The maximum atomic E-state index is 13.0. The molecule has 3 amide bonds. The van der Waals surface area contributed by atoms with Gasteiger partial charge in [0.1, 0.15) is 12.3 Å². The van der Waals surface area contributed by atoms with E-state index in [2.05, 4.69) is 21.2 Å². The highest BCUT2D eigenvalue weighted by Gasteiger charge is 2.35. The zero-order valence-electron chi connectivity index (χ0n) is 18.3. The molecule has 3 aromatic rings. The zero-order valence-corrected chi connectivity index (χ0v) is 22.1. The van der Waals surface area contributed by atoms with Crippen LogP contribution in [0.1, 0.15) is 18.1 Å². The normalized spacial score (nSPS) is 14.4.